The van der Waals surface area contributed by atoms with E-state index in [-0.39, 0.29) is 0 Å². The smallest absolute Gasteiger partial charge is 0.0620 e. The lowest BCUT2D eigenvalue weighted by Gasteiger charge is -2.18. The zero-order chi connectivity index (χ0) is 10.5. The van der Waals surface area contributed by atoms with Gasteiger partial charge in [-0.1, -0.05) is 0 Å². The highest BCUT2D eigenvalue weighted by Crippen LogP contribution is 2.06. The van der Waals surface area contributed by atoms with Gasteiger partial charge in [0, 0.05) is 37.6 Å². The van der Waals surface area contributed by atoms with Crippen molar-refractivity contribution in [2.75, 3.05) is 13.2 Å². The minimum Gasteiger partial charge on any atom is -0.380 e. The van der Waals surface area contributed by atoms with E-state index >= 15 is 0 Å². The van der Waals surface area contributed by atoms with Crippen LogP contribution in [0.1, 0.15) is 19.8 Å². The number of aromatic nitrogens is 2. The van der Waals surface area contributed by atoms with E-state index in [9.17, 15) is 0 Å². The van der Waals surface area contributed by atoms with Crippen LogP contribution in [0.3, 0.4) is 0 Å². The summed E-state index contributed by atoms with van der Waals surface area (Å²) in [6, 6.07) is 3.04. The van der Waals surface area contributed by atoms with Crippen LogP contribution in [0.5, 0.6) is 0 Å². The first-order valence-electron chi connectivity index (χ1n) is 5.66. The van der Waals surface area contributed by atoms with Crippen LogP contribution in [-0.2, 0) is 11.3 Å². The van der Waals surface area contributed by atoms with Gasteiger partial charge in [-0.25, -0.2) is 0 Å². The van der Waals surface area contributed by atoms with Crippen LogP contribution in [0.2, 0.25) is 0 Å². The highest BCUT2D eigenvalue weighted by Gasteiger charge is 2.16. The SMILES string of the molecule is CC(CCn1cccn1)NC1CCOC1. The number of nitrogens with zero attached hydrogens (tertiary/aromatic N) is 2. The monoisotopic (exact) mass is 209 g/mol. The molecule has 0 bridgehead atoms. The number of nitrogens with one attached hydrogen (secondary N) is 1. The maximum atomic E-state index is 5.33. The van der Waals surface area contributed by atoms with Crippen LogP contribution < -0.4 is 5.32 Å². The summed E-state index contributed by atoms with van der Waals surface area (Å²) in [5, 5.41) is 7.76. The zero-order valence-corrected chi connectivity index (χ0v) is 9.22. The Bertz CT molecular complexity index is 267. The first-order chi connectivity index (χ1) is 7.34. The molecule has 0 radical (unpaired) electrons. The molecule has 0 aliphatic carbocycles. The Labute approximate surface area is 90.6 Å². The first-order valence-corrected chi connectivity index (χ1v) is 5.66. The van der Waals surface area contributed by atoms with Crippen molar-refractivity contribution in [3.8, 4) is 0 Å². The van der Waals surface area contributed by atoms with E-state index in [1.54, 1.807) is 0 Å². The van der Waals surface area contributed by atoms with Gasteiger partial charge >= 0.3 is 0 Å². The van der Waals surface area contributed by atoms with E-state index in [0.29, 0.717) is 12.1 Å². The zero-order valence-electron chi connectivity index (χ0n) is 9.22. The second-order valence-electron chi connectivity index (χ2n) is 4.19. The van der Waals surface area contributed by atoms with Crippen molar-refractivity contribution in [3.63, 3.8) is 0 Å². The number of hydrogen-bond donors (Lipinski definition) is 1. The second-order valence-corrected chi connectivity index (χ2v) is 4.19. The molecule has 0 amide bonds. The number of aryl methyl sites for hydroxylation is 1. The van der Waals surface area contributed by atoms with Gasteiger partial charge in [0.25, 0.3) is 0 Å². The van der Waals surface area contributed by atoms with E-state index in [0.717, 1.165) is 32.6 Å². The molecule has 0 saturated carbocycles. The van der Waals surface area contributed by atoms with Gasteiger partial charge in [-0.3, -0.25) is 4.68 Å². The lowest BCUT2D eigenvalue weighted by Crippen LogP contribution is -2.37. The molecular weight excluding hydrogens is 190 g/mol. The van der Waals surface area contributed by atoms with Crippen molar-refractivity contribution < 1.29 is 4.74 Å². The molecule has 2 heterocycles. The molecule has 2 unspecified atom stereocenters. The predicted molar refractivity (Wildman–Crippen MR) is 58.7 cm³/mol. The Morgan fingerprint density at radius 2 is 2.60 bits per heavy atom. The molecule has 1 aliphatic rings. The average Bonchev–Trinajstić information content (AvgIpc) is 2.86. The number of hydrogen-bond acceptors (Lipinski definition) is 3. The van der Waals surface area contributed by atoms with Crippen LogP contribution in [-0.4, -0.2) is 35.1 Å². The lowest BCUT2D eigenvalue weighted by molar-refractivity contribution is 0.187. The lowest BCUT2D eigenvalue weighted by atomic mass is 10.2. The normalized spacial score (nSPS) is 23.1. The van der Waals surface area contributed by atoms with E-state index in [4.69, 9.17) is 4.74 Å². The molecule has 4 nitrogen and oxygen atoms in total. The van der Waals surface area contributed by atoms with E-state index in [1.165, 1.54) is 0 Å². The van der Waals surface area contributed by atoms with Gasteiger partial charge in [-0.05, 0) is 25.8 Å². The fourth-order valence-electron chi connectivity index (χ4n) is 1.91. The summed E-state index contributed by atoms with van der Waals surface area (Å²) >= 11 is 0. The summed E-state index contributed by atoms with van der Waals surface area (Å²) in [4.78, 5) is 0. The number of ether oxygens (including phenoxy) is 1. The fraction of sp³-hybridized carbons (Fsp3) is 0.727. The molecule has 1 aromatic heterocycles. The minimum atomic E-state index is 0.529. The molecule has 4 heteroatoms. The molecule has 1 N–H and O–H groups in total. The van der Waals surface area contributed by atoms with Gasteiger partial charge in [0.15, 0.2) is 0 Å². The highest BCUT2D eigenvalue weighted by atomic mass is 16.5. The molecule has 1 aliphatic heterocycles. The topological polar surface area (TPSA) is 39.1 Å². The maximum absolute atomic E-state index is 5.33. The molecule has 2 rings (SSSR count). The Hall–Kier alpha value is -0.870. The van der Waals surface area contributed by atoms with Gasteiger partial charge < -0.3 is 10.1 Å². The van der Waals surface area contributed by atoms with Gasteiger partial charge in [0.05, 0.1) is 6.61 Å². The van der Waals surface area contributed by atoms with Crippen molar-refractivity contribution in [1.82, 2.24) is 15.1 Å². The van der Waals surface area contributed by atoms with Gasteiger partial charge in [-0.15, -0.1) is 0 Å². The third-order valence-electron chi connectivity index (χ3n) is 2.80. The Morgan fingerprint density at radius 3 is 3.27 bits per heavy atom. The summed E-state index contributed by atoms with van der Waals surface area (Å²) in [5.74, 6) is 0. The largest absolute Gasteiger partial charge is 0.380 e. The highest BCUT2D eigenvalue weighted by molar-refractivity contribution is 4.79. The molecule has 15 heavy (non-hydrogen) atoms. The average molecular weight is 209 g/mol. The van der Waals surface area contributed by atoms with Crippen LogP contribution in [0.15, 0.2) is 18.5 Å². The molecule has 2 atom stereocenters. The van der Waals surface area contributed by atoms with Crippen molar-refractivity contribution in [3.05, 3.63) is 18.5 Å². The van der Waals surface area contributed by atoms with Crippen molar-refractivity contribution in [2.24, 2.45) is 0 Å². The van der Waals surface area contributed by atoms with Crippen LogP contribution in [0, 0.1) is 0 Å². The van der Waals surface area contributed by atoms with Crippen molar-refractivity contribution in [2.45, 2.75) is 38.4 Å². The maximum Gasteiger partial charge on any atom is 0.0620 e. The molecule has 1 aromatic rings. The van der Waals surface area contributed by atoms with Crippen LogP contribution in [0.25, 0.3) is 0 Å². The quantitative estimate of drug-likeness (QED) is 0.787. The summed E-state index contributed by atoms with van der Waals surface area (Å²) in [7, 11) is 0. The van der Waals surface area contributed by atoms with E-state index < -0.39 is 0 Å². The van der Waals surface area contributed by atoms with Gasteiger partial charge in [0.1, 0.15) is 0 Å². The third kappa shape index (κ3) is 3.32. The summed E-state index contributed by atoms with van der Waals surface area (Å²) in [5.41, 5.74) is 0. The molecular formula is C11H19N3O. The first kappa shape index (κ1) is 10.6. The molecule has 84 valence electrons. The molecule has 1 fully saturated rings. The van der Waals surface area contributed by atoms with E-state index in [1.807, 2.05) is 23.1 Å². The second kappa shape index (κ2) is 5.28. The summed E-state index contributed by atoms with van der Waals surface area (Å²) in [6.45, 7) is 4.98. The Kier molecular flexibility index (Phi) is 3.75. The van der Waals surface area contributed by atoms with E-state index in [2.05, 4.69) is 17.3 Å². The summed E-state index contributed by atoms with van der Waals surface area (Å²) in [6.07, 6.45) is 6.08. The molecule has 0 spiro atoms. The number of rotatable bonds is 5. The van der Waals surface area contributed by atoms with Gasteiger partial charge in [0.2, 0.25) is 0 Å². The Morgan fingerprint density at radius 1 is 1.67 bits per heavy atom. The summed E-state index contributed by atoms with van der Waals surface area (Å²) < 4.78 is 7.30. The molecule has 0 aromatic carbocycles. The van der Waals surface area contributed by atoms with Crippen molar-refractivity contribution >= 4 is 0 Å². The Balaban J connectivity index is 1.66. The third-order valence-corrected chi connectivity index (χ3v) is 2.80. The standard InChI is InChI=1S/C11H19N3O/c1-10(13-11-4-8-15-9-11)3-7-14-6-2-5-12-14/h2,5-6,10-11,13H,3-4,7-9H2,1H3. The van der Waals surface area contributed by atoms with Crippen LogP contribution >= 0.6 is 0 Å². The molecule has 1 saturated heterocycles. The van der Waals surface area contributed by atoms with Crippen LogP contribution in [0.4, 0.5) is 0 Å². The minimum absolute atomic E-state index is 0.529. The fourth-order valence-corrected chi connectivity index (χ4v) is 1.91. The van der Waals surface area contributed by atoms with Crippen molar-refractivity contribution in [1.29, 1.82) is 0 Å². The predicted octanol–water partition coefficient (Wildman–Crippen LogP) is 1.04. The van der Waals surface area contributed by atoms with Gasteiger partial charge in [-0.2, -0.15) is 5.10 Å².